The molecule has 0 aliphatic heterocycles. The molecule has 0 N–H and O–H groups in total. The van der Waals surface area contributed by atoms with Crippen LogP contribution in [0.1, 0.15) is 5.89 Å². The van der Waals surface area contributed by atoms with Crippen molar-refractivity contribution in [2.45, 2.75) is 12.8 Å². The Morgan fingerprint density at radius 3 is 2.79 bits per heavy atom. The minimum atomic E-state index is -3.08. The van der Waals surface area contributed by atoms with Gasteiger partial charge in [-0.25, -0.2) is 13.8 Å². The van der Waals surface area contributed by atoms with E-state index < -0.39 is 18.6 Å². The van der Waals surface area contributed by atoms with Crippen LogP contribution < -0.4 is 0 Å². The van der Waals surface area contributed by atoms with Gasteiger partial charge in [0.2, 0.25) is 17.5 Å². The van der Waals surface area contributed by atoms with Gasteiger partial charge in [0, 0.05) is 6.20 Å². The molecule has 0 atom stereocenters. The molecule has 0 amide bonds. The van der Waals surface area contributed by atoms with E-state index in [1.165, 1.54) is 12.3 Å². The molecule has 0 fully saturated rings. The summed E-state index contributed by atoms with van der Waals surface area (Å²) in [6.07, 6.45) is -2.40. The van der Waals surface area contributed by atoms with Crippen LogP contribution in [0, 0.1) is 0 Å². The molecule has 0 radical (unpaired) electrons. The van der Waals surface area contributed by atoms with E-state index in [1.54, 1.807) is 0 Å². The molecular weight excluding hydrogens is 303 g/mol. The lowest BCUT2D eigenvalue weighted by molar-refractivity contribution is -0.129. The van der Waals surface area contributed by atoms with Crippen molar-refractivity contribution in [3.05, 3.63) is 28.2 Å². The van der Waals surface area contributed by atoms with Crippen LogP contribution in [0.2, 0.25) is 10.0 Å². The van der Waals surface area contributed by atoms with Gasteiger partial charge in [0.1, 0.15) is 5.69 Å². The number of halogens is 4. The zero-order valence-electron chi connectivity index (χ0n) is 9.11. The van der Waals surface area contributed by atoms with Crippen molar-refractivity contribution < 1.29 is 18.1 Å². The standard InChI is InChI=1S/C10H5Cl2F2N3O2/c11-4-1-5(12)8(15-3-4)10-16-7(19-17-10)2-6(18)9(13)14/h1,3,9H,2H2. The van der Waals surface area contributed by atoms with Crippen LogP contribution in [-0.2, 0) is 11.2 Å². The van der Waals surface area contributed by atoms with Crippen LogP contribution in [0.25, 0.3) is 11.5 Å². The molecule has 19 heavy (non-hydrogen) atoms. The van der Waals surface area contributed by atoms with Crippen molar-refractivity contribution in [3.63, 3.8) is 0 Å². The number of pyridine rings is 1. The van der Waals surface area contributed by atoms with Gasteiger partial charge >= 0.3 is 0 Å². The van der Waals surface area contributed by atoms with E-state index in [1.807, 2.05) is 0 Å². The van der Waals surface area contributed by atoms with Gasteiger partial charge in [-0.2, -0.15) is 4.98 Å². The molecule has 2 heterocycles. The van der Waals surface area contributed by atoms with E-state index in [2.05, 4.69) is 19.6 Å². The third kappa shape index (κ3) is 3.24. The average molecular weight is 308 g/mol. The van der Waals surface area contributed by atoms with Crippen LogP contribution in [0.4, 0.5) is 8.78 Å². The highest BCUT2D eigenvalue weighted by molar-refractivity contribution is 6.35. The SMILES string of the molecule is O=C(Cc1nc(-c2ncc(Cl)cc2Cl)no1)C(F)F. The first-order valence-electron chi connectivity index (χ1n) is 4.92. The molecular formula is C10H5Cl2F2N3O2. The van der Waals surface area contributed by atoms with Gasteiger partial charge in [-0.1, -0.05) is 28.4 Å². The summed E-state index contributed by atoms with van der Waals surface area (Å²) in [4.78, 5) is 18.5. The molecule has 0 spiro atoms. The van der Waals surface area contributed by atoms with Gasteiger partial charge in [0.25, 0.3) is 6.43 Å². The molecule has 0 saturated heterocycles. The Morgan fingerprint density at radius 1 is 1.42 bits per heavy atom. The van der Waals surface area contributed by atoms with Crippen LogP contribution in [0.15, 0.2) is 16.8 Å². The highest BCUT2D eigenvalue weighted by atomic mass is 35.5. The Balaban J connectivity index is 2.23. The van der Waals surface area contributed by atoms with E-state index in [0.717, 1.165) is 0 Å². The lowest BCUT2D eigenvalue weighted by atomic mass is 10.3. The van der Waals surface area contributed by atoms with E-state index in [9.17, 15) is 13.6 Å². The third-order valence-corrected chi connectivity index (χ3v) is 2.55. The van der Waals surface area contributed by atoms with Gasteiger partial charge in [-0.15, -0.1) is 0 Å². The molecule has 0 unspecified atom stereocenters. The second-order valence-electron chi connectivity index (χ2n) is 3.44. The summed E-state index contributed by atoms with van der Waals surface area (Å²) in [6.45, 7) is 0. The Labute approximate surface area is 115 Å². The maximum Gasteiger partial charge on any atom is 0.296 e. The lowest BCUT2D eigenvalue weighted by Gasteiger charge is -1.97. The molecule has 0 bridgehead atoms. The van der Waals surface area contributed by atoms with Crippen LogP contribution in [-0.4, -0.2) is 27.3 Å². The second kappa shape index (κ2) is 5.58. The highest BCUT2D eigenvalue weighted by Crippen LogP contribution is 2.25. The number of hydrogen-bond donors (Lipinski definition) is 0. The van der Waals surface area contributed by atoms with Crippen molar-refractivity contribution in [2.24, 2.45) is 0 Å². The number of carbonyl (C=O) groups excluding carboxylic acids is 1. The van der Waals surface area contributed by atoms with Crippen molar-refractivity contribution in [3.8, 4) is 11.5 Å². The predicted octanol–water partition coefficient (Wildman–Crippen LogP) is 2.82. The van der Waals surface area contributed by atoms with Gasteiger partial charge in [0.05, 0.1) is 16.5 Å². The molecule has 100 valence electrons. The number of carbonyl (C=O) groups is 1. The van der Waals surface area contributed by atoms with Crippen molar-refractivity contribution >= 4 is 29.0 Å². The van der Waals surface area contributed by atoms with Crippen molar-refractivity contribution in [1.82, 2.24) is 15.1 Å². The van der Waals surface area contributed by atoms with Crippen molar-refractivity contribution in [1.29, 1.82) is 0 Å². The minimum Gasteiger partial charge on any atom is -0.338 e. The van der Waals surface area contributed by atoms with Gasteiger partial charge < -0.3 is 4.52 Å². The topological polar surface area (TPSA) is 68.9 Å². The maximum absolute atomic E-state index is 12.1. The minimum absolute atomic E-state index is 0.00117. The van der Waals surface area contributed by atoms with Crippen molar-refractivity contribution in [2.75, 3.05) is 0 Å². The number of alkyl halides is 2. The Morgan fingerprint density at radius 2 is 2.16 bits per heavy atom. The smallest absolute Gasteiger partial charge is 0.296 e. The first-order chi connectivity index (χ1) is 8.97. The fraction of sp³-hybridized carbons (Fsp3) is 0.200. The van der Waals surface area contributed by atoms with Crippen LogP contribution >= 0.6 is 23.2 Å². The quantitative estimate of drug-likeness (QED) is 0.868. The Kier molecular flexibility index (Phi) is 4.06. The number of rotatable bonds is 4. The summed E-state index contributed by atoms with van der Waals surface area (Å²) in [7, 11) is 0. The number of aromatic nitrogens is 3. The maximum atomic E-state index is 12.1. The monoisotopic (exact) mass is 307 g/mol. The summed E-state index contributed by atoms with van der Waals surface area (Å²) in [6, 6.07) is 1.42. The first kappa shape index (κ1) is 13.8. The zero-order chi connectivity index (χ0) is 14.0. The molecule has 0 aliphatic carbocycles. The summed E-state index contributed by atoms with van der Waals surface area (Å²) in [5.41, 5.74) is 0.186. The Bertz CT molecular complexity index is 619. The van der Waals surface area contributed by atoms with Crippen LogP contribution in [0.5, 0.6) is 0 Å². The van der Waals surface area contributed by atoms with E-state index in [4.69, 9.17) is 23.2 Å². The fourth-order valence-electron chi connectivity index (χ4n) is 1.23. The van der Waals surface area contributed by atoms with Gasteiger partial charge in [-0.05, 0) is 6.07 Å². The summed E-state index contributed by atoms with van der Waals surface area (Å²) in [5.74, 6) is -1.53. The highest BCUT2D eigenvalue weighted by Gasteiger charge is 2.20. The predicted molar refractivity (Wildman–Crippen MR) is 62.3 cm³/mol. The lowest BCUT2D eigenvalue weighted by Crippen LogP contribution is -2.12. The summed E-state index contributed by atoms with van der Waals surface area (Å²) < 4.78 is 28.8. The summed E-state index contributed by atoms with van der Waals surface area (Å²) in [5, 5.41) is 4.02. The molecule has 9 heteroatoms. The van der Waals surface area contributed by atoms with E-state index >= 15 is 0 Å². The number of ketones is 1. The molecule has 0 aromatic carbocycles. The molecule has 2 aromatic rings. The van der Waals surface area contributed by atoms with Gasteiger partial charge in [-0.3, -0.25) is 4.79 Å². The molecule has 5 nitrogen and oxygen atoms in total. The number of hydrogen-bond acceptors (Lipinski definition) is 5. The van der Waals surface area contributed by atoms with Crippen LogP contribution in [0.3, 0.4) is 0 Å². The van der Waals surface area contributed by atoms with E-state index in [0.29, 0.717) is 5.02 Å². The summed E-state index contributed by atoms with van der Waals surface area (Å²) >= 11 is 11.5. The Hall–Kier alpha value is -1.60. The zero-order valence-corrected chi connectivity index (χ0v) is 10.6. The average Bonchev–Trinajstić information content (AvgIpc) is 2.77. The molecule has 0 aliphatic rings. The third-order valence-electron chi connectivity index (χ3n) is 2.06. The molecule has 2 rings (SSSR count). The number of Topliss-reactive ketones (excluding diaryl/α,β-unsaturated/α-hetero) is 1. The fourth-order valence-corrected chi connectivity index (χ4v) is 1.69. The normalized spacial score (nSPS) is 11.0. The first-order valence-corrected chi connectivity index (χ1v) is 5.68. The van der Waals surface area contributed by atoms with E-state index in [-0.39, 0.29) is 22.4 Å². The number of nitrogens with zero attached hydrogens (tertiary/aromatic N) is 3. The largest absolute Gasteiger partial charge is 0.338 e. The molecule has 2 aromatic heterocycles. The van der Waals surface area contributed by atoms with Gasteiger partial charge in [0.15, 0.2) is 0 Å². The second-order valence-corrected chi connectivity index (χ2v) is 4.28. The molecule has 0 saturated carbocycles.